The molecule has 15 unspecified atom stereocenters. The Morgan fingerprint density at radius 3 is 0.769 bits per heavy atom. The van der Waals surface area contributed by atoms with Crippen LogP contribution in [0, 0.1) is 0 Å². The number of hydrogen-bond acceptors (Lipinski definition) is 36. The molecule has 36 heteroatoms. The van der Waals surface area contributed by atoms with Crippen LogP contribution in [-0.4, -0.2) is 379 Å². The van der Waals surface area contributed by atoms with Crippen molar-refractivity contribution in [2.24, 2.45) is 0 Å². The third-order valence-corrected chi connectivity index (χ3v) is 14.5. The maximum atomic E-state index is 11.9. The van der Waals surface area contributed by atoms with E-state index in [4.69, 9.17) is 61.6 Å². The molecule has 0 bridgehead atoms. The number of rotatable bonds is 19. The zero-order valence-corrected chi connectivity index (χ0v) is 40.8. The molecule has 0 aromatic heterocycles. The highest BCUT2D eigenvalue weighted by Crippen LogP contribution is 2.37. The SMILES string of the molecule is OCC1O[C@@H](OCC2O[C@@H](O[C@@H]3C(O)[C@H](O[C@@H]4C(O)[C@H](O[C@@H]5C(O)C(O)OC(CO)[C@@H]5O)OC(CO[C@@H]5OC(CO)[C@H](O)[C@H](O)C5O)[C@@H]4O)OC(CO)[C@@H]3O)C(O)[C@@H](O[C@@H]3OC(CO)[C@H](O)[C@H](O)C3O)[C@H]2O)C(O)[C@@H](O)[C@H]1O. The summed E-state index contributed by atoms with van der Waals surface area (Å²) >= 11 is 0. The van der Waals surface area contributed by atoms with Gasteiger partial charge in [-0.1, -0.05) is 0 Å². The standard InChI is InChI=1S/C42H72O36/c43-1-8-15(48)22(55)25(58)37(69-8)66-6-13-20(53)34(76-39-27(60)24(57)17(50)10(3-45)71-39)30(63)42(74-13)77-33-19(52)12(5-47)72-40(29(33)62)78-35-21(54)14(7-67-38-26(59)23(56)16(49)9(2-44)70-38)73-41(31(35)64)75-32-18(51)11(4-46)68-36(65)28(32)61/h8-65H,1-7H2/t8?,9?,10?,11?,12?,13?,14?,15-,16-,17-,18-,19-,20-,21-,22-,23-,24-,25?,26?,27?,28?,29?,30?,31?,32-,33-,34-,35-,36?,37+,38+,39-,40-,41-,42-/m0/s1. The van der Waals surface area contributed by atoms with Crippen molar-refractivity contribution in [3.8, 4) is 0 Å². The third kappa shape index (κ3) is 13.2. The minimum absolute atomic E-state index is 0.884. The van der Waals surface area contributed by atoms with Crippen molar-refractivity contribution in [1.82, 2.24) is 0 Å². The smallest absolute Gasteiger partial charge is 0.187 e. The van der Waals surface area contributed by atoms with Gasteiger partial charge in [-0.25, -0.2) is 0 Å². The average molecular weight is 1150 g/mol. The average Bonchev–Trinajstić information content (AvgIpc) is 3.43. The lowest BCUT2D eigenvalue weighted by molar-refractivity contribution is -0.398. The Morgan fingerprint density at radius 1 is 0.218 bits per heavy atom. The van der Waals surface area contributed by atoms with Gasteiger partial charge in [0, 0.05) is 0 Å². The largest absolute Gasteiger partial charge is 0.394 e. The molecule has 0 amide bonds. The highest BCUT2D eigenvalue weighted by atomic mass is 16.8. The van der Waals surface area contributed by atoms with Crippen molar-refractivity contribution in [2.45, 2.75) is 215 Å². The second kappa shape index (κ2) is 27.5. The van der Waals surface area contributed by atoms with E-state index >= 15 is 0 Å². The first-order chi connectivity index (χ1) is 36.9. The molecule has 0 saturated carbocycles. The topological polar surface area (TPSA) is 585 Å². The van der Waals surface area contributed by atoms with Crippen molar-refractivity contribution in [1.29, 1.82) is 0 Å². The fraction of sp³-hybridized carbons (Fsp3) is 1.00. The maximum absolute atomic E-state index is 11.9. The van der Waals surface area contributed by atoms with Crippen LogP contribution in [0.5, 0.6) is 0 Å². The number of hydrogen-bond donors (Lipinski definition) is 23. The minimum Gasteiger partial charge on any atom is -0.394 e. The second-order valence-corrected chi connectivity index (χ2v) is 19.6. The quantitative estimate of drug-likeness (QED) is 0.0571. The van der Waals surface area contributed by atoms with Gasteiger partial charge in [0.25, 0.3) is 0 Å². The van der Waals surface area contributed by atoms with Gasteiger partial charge in [-0.2, -0.15) is 0 Å². The summed E-state index contributed by atoms with van der Waals surface area (Å²) < 4.78 is 72.5. The van der Waals surface area contributed by atoms with E-state index in [9.17, 15) is 117 Å². The van der Waals surface area contributed by atoms with Gasteiger partial charge in [0.15, 0.2) is 44.0 Å². The molecule has 7 heterocycles. The van der Waals surface area contributed by atoms with Crippen LogP contribution < -0.4 is 0 Å². The summed E-state index contributed by atoms with van der Waals surface area (Å²) in [6.07, 6.45) is -70.3. The van der Waals surface area contributed by atoms with Crippen LogP contribution in [0.4, 0.5) is 0 Å². The van der Waals surface area contributed by atoms with E-state index in [0.29, 0.717) is 0 Å². The first-order valence-corrected chi connectivity index (χ1v) is 24.7. The molecule has 7 rings (SSSR count). The molecular weight excluding hydrogens is 1080 g/mol. The van der Waals surface area contributed by atoms with E-state index in [1.807, 2.05) is 0 Å². The van der Waals surface area contributed by atoms with Gasteiger partial charge in [0.1, 0.15) is 171 Å². The van der Waals surface area contributed by atoms with Crippen LogP contribution in [0.15, 0.2) is 0 Å². The molecule has 78 heavy (non-hydrogen) atoms. The Balaban J connectivity index is 1.15. The van der Waals surface area contributed by atoms with Gasteiger partial charge < -0.3 is 179 Å². The van der Waals surface area contributed by atoms with Crippen LogP contribution in [0.25, 0.3) is 0 Å². The lowest BCUT2D eigenvalue weighted by Gasteiger charge is -2.50. The van der Waals surface area contributed by atoms with Crippen LogP contribution in [0.2, 0.25) is 0 Å². The molecular formula is C42H72O36. The van der Waals surface area contributed by atoms with Crippen LogP contribution >= 0.6 is 0 Å². The summed E-state index contributed by atoms with van der Waals surface area (Å²) in [5.74, 6) is 0. The van der Waals surface area contributed by atoms with Crippen LogP contribution in [0.3, 0.4) is 0 Å². The van der Waals surface area contributed by atoms with Gasteiger partial charge in [0.2, 0.25) is 0 Å². The van der Waals surface area contributed by atoms with Gasteiger partial charge in [-0.05, 0) is 0 Å². The lowest BCUT2D eigenvalue weighted by atomic mass is 9.95. The van der Waals surface area contributed by atoms with Gasteiger partial charge in [-0.3, -0.25) is 0 Å². The zero-order chi connectivity index (χ0) is 57.3. The number of aliphatic hydroxyl groups excluding tert-OH is 23. The lowest BCUT2D eigenvalue weighted by Crippen LogP contribution is -2.68. The first kappa shape index (κ1) is 64.1. The van der Waals surface area contributed by atoms with Gasteiger partial charge in [0.05, 0.1) is 46.2 Å². The van der Waals surface area contributed by atoms with E-state index in [2.05, 4.69) is 0 Å². The molecule has 0 aliphatic carbocycles. The molecule has 7 saturated heterocycles. The summed E-state index contributed by atoms with van der Waals surface area (Å²) in [7, 11) is 0. The summed E-state index contributed by atoms with van der Waals surface area (Å²) in [6, 6.07) is 0. The first-order valence-electron chi connectivity index (χ1n) is 24.7. The predicted octanol–water partition coefficient (Wildman–Crippen LogP) is -16.3. The Morgan fingerprint density at radius 2 is 0.449 bits per heavy atom. The van der Waals surface area contributed by atoms with Crippen molar-refractivity contribution in [3.63, 3.8) is 0 Å². The van der Waals surface area contributed by atoms with Crippen LogP contribution in [-0.2, 0) is 61.6 Å². The summed E-state index contributed by atoms with van der Waals surface area (Å²) in [5.41, 5.74) is 0. The molecule has 456 valence electrons. The van der Waals surface area contributed by atoms with Crippen molar-refractivity contribution < 1.29 is 179 Å². The molecule has 0 aromatic carbocycles. The Kier molecular flexibility index (Phi) is 22.6. The zero-order valence-electron chi connectivity index (χ0n) is 40.8. The minimum atomic E-state index is -2.40. The van der Waals surface area contributed by atoms with Gasteiger partial charge >= 0.3 is 0 Å². The highest BCUT2D eigenvalue weighted by molar-refractivity contribution is 5.00. The molecule has 23 N–H and O–H groups in total. The number of aliphatic hydroxyl groups is 23. The van der Waals surface area contributed by atoms with Crippen molar-refractivity contribution in [3.05, 3.63) is 0 Å². The number of ether oxygens (including phenoxy) is 13. The molecule has 7 aliphatic heterocycles. The van der Waals surface area contributed by atoms with Crippen LogP contribution in [0.1, 0.15) is 0 Å². The summed E-state index contributed by atoms with van der Waals surface area (Å²) in [5, 5.41) is 245. The van der Waals surface area contributed by atoms with E-state index in [0.717, 1.165) is 0 Å². The Hall–Kier alpha value is -1.44. The molecule has 0 spiro atoms. The normalized spacial score (nSPS) is 53.5. The molecule has 0 aromatic rings. The van der Waals surface area contributed by atoms with E-state index in [1.165, 1.54) is 0 Å². The van der Waals surface area contributed by atoms with Crippen molar-refractivity contribution >= 4 is 0 Å². The monoisotopic (exact) mass is 1150 g/mol. The third-order valence-electron chi connectivity index (χ3n) is 14.5. The fourth-order valence-electron chi connectivity index (χ4n) is 9.77. The van der Waals surface area contributed by atoms with E-state index in [1.54, 1.807) is 0 Å². The van der Waals surface area contributed by atoms with E-state index in [-0.39, 0.29) is 0 Å². The summed E-state index contributed by atoms with van der Waals surface area (Å²) in [4.78, 5) is 0. The molecule has 0 radical (unpaired) electrons. The summed E-state index contributed by atoms with van der Waals surface area (Å²) in [6.45, 7) is -6.68. The molecule has 7 aliphatic rings. The fourth-order valence-corrected chi connectivity index (χ4v) is 9.77. The Bertz CT molecular complexity index is 1810. The van der Waals surface area contributed by atoms with Gasteiger partial charge in [-0.15, -0.1) is 0 Å². The molecule has 35 atom stereocenters. The maximum Gasteiger partial charge on any atom is 0.187 e. The highest BCUT2D eigenvalue weighted by Gasteiger charge is 2.58. The second-order valence-electron chi connectivity index (χ2n) is 19.6. The van der Waals surface area contributed by atoms with Crippen molar-refractivity contribution in [2.75, 3.05) is 46.2 Å². The molecule has 7 fully saturated rings. The predicted molar refractivity (Wildman–Crippen MR) is 232 cm³/mol. The van der Waals surface area contributed by atoms with E-state index < -0.39 is 261 Å². The Labute approximate surface area is 439 Å². The molecule has 36 nitrogen and oxygen atoms in total.